The molecule has 1 amide bonds. The van der Waals surface area contributed by atoms with Crippen molar-refractivity contribution in [1.82, 2.24) is 19.7 Å². The molecule has 8 heteroatoms. The van der Waals surface area contributed by atoms with Crippen LogP contribution < -0.4 is 4.74 Å². The fourth-order valence-electron chi connectivity index (χ4n) is 4.36. The predicted molar refractivity (Wildman–Crippen MR) is 115 cm³/mol. The molecule has 1 aliphatic carbocycles. The Bertz CT molecular complexity index is 1160. The molecule has 1 aromatic heterocycles. The molecule has 1 aliphatic heterocycles. The third-order valence-corrected chi connectivity index (χ3v) is 6.29. The Morgan fingerprint density at radius 2 is 1.88 bits per heavy atom. The van der Waals surface area contributed by atoms with E-state index in [1.54, 1.807) is 30.6 Å². The monoisotopic (exact) mass is 438 g/mol. The molecule has 5 rings (SSSR count). The highest BCUT2D eigenvalue weighted by Crippen LogP contribution is 2.34. The number of rotatable bonds is 6. The Morgan fingerprint density at radius 1 is 1.09 bits per heavy atom. The average molecular weight is 438 g/mol. The second-order valence-electron chi connectivity index (χ2n) is 8.56. The minimum Gasteiger partial charge on any atom is -0.494 e. The topological polar surface area (TPSA) is 60.3 Å². The molecular weight excluding hydrogens is 414 g/mol. The summed E-state index contributed by atoms with van der Waals surface area (Å²) in [5.41, 5.74) is 1.62. The van der Waals surface area contributed by atoms with Gasteiger partial charge in [0, 0.05) is 25.6 Å². The summed E-state index contributed by atoms with van der Waals surface area (Å²) in [5, 5.41) is 8.14. The second-order valence-corrected chi connectivity index (χ2v) is 8.56. The first-order valence-electron chi connectivity index (χ1n) is 10.8. The van der Waals surface area contributed by atoms with Crippen LogP contribution in [0.4, 0.5) is 8.78 Å². The molecule has 0 N–H and O–H groups in total. The molecule has 0 unspecified atom stereocenters. The molecule has 0 spiro atoms. The number of methoxy groups -OCH3 is 1. The minimum absolute atomic E-state index is 0.109. The van der Waals surface area contributed by atoms with Gasteiger partial charge in [-0.15, -0.1) is 10.2 Å². The van der Waals surface area contributed by atoms with Crippen molar-refractivity contribution in [3.05, 3.63) is 54.4 Å². The molecule has 2 fully saturated rings. The van der Waals surface area contributed by atoms with Gasteiger partial charge in [0.25, 0.3) is 0 Å². The first-order valence-corrected chi connectivity index (χ1v) is 10.8. The summed E-state index contributed by atoms with van der Waals surface area (Å²) in [7, 11) is 1.39. The Labute approximate surface area is 184 Å². The van der Waals surface area contributed by atoms with E-state index in [0.29, 0.717) is 35.0 Å². The van der Waals surface area contributed by atoms with Gasteiger partial charge in [-0.2, -0.15) is 0 Å². The van der Waals surface area contributed by atoms with Gasteiger partial charge in [-0.1, -0.05) is 12.1 Å². The van der Waals surface area contributed by atoms with E-state index < -0.39 is 11.6 Å². The van der Waals surface area contributed by atoms with Gasteiger partial charge in [-0.25, -0.2) is 8.78 Å². The number of benzene rings is 2. The molecular formula is C24H24F2N4O2. The van der Waals surface area contributed by atoms with Crippen molar-refractivity contribution in [2.24, 2.45) is 11.8 Å². The third-order valence-electron chi connectivity index (χ3n) is 6.29. The average Bonchev–Trinajstić information content (AvgIpc) is 3.38. The smallest absolute Gasteiger partial charge is 0.225 e. The van der Waals surface area contributed by atoms with E-state index in [1.165, 1.54) is 19.2 Å². The van der Waals surface area contributed by atoms with Crippen LogP contribution in [-0.4, -0.2) is 45.8 Å². The molecule has 0 bridgehead atoms. The van der Waals surface area contributed by atoms with Gasteiger partial charge in [-0.05, 0) is 60.6 Å². The predicted octanol–water partition coefficient (Wildman–Crippen LogP) is 4.16. The van der Waals surface area contributed by atoms with Gasteiger partial charge < -0.3 is 14.2 Å². The number of carbonyl (C=O) groups excluding carboxylic acids is 1. The van der Waals surface area contributed by atoms with Crippen molar-refractivity contribution in [2.45, 2.75) is 25.8 Å². The number of ether oxygens (including phenoxy) is 1. The zero-order valence-electron chi connectivity index (χ0n) is 17.8. The van der Waals surface area contributed by atoms with Crippen LogP contribution in [0.25, 0.3) is 22.5 Å². The zero-order chi connectivity index (χ0) is 22.2. The first-order chi connectivity index (χ1) is 15.5. The molecule has 1 saturated carbocycles. The molecule has 0 radical (unpaired) electrons. The van der Waals surface area contributed by atoms with Gasteiger partial charge in [0.2, 0.25) is 5.91 Å². The van der Waals surface area contributed by atoms with E-state index in [4.69, 9.17) is 4.74 Å². The number of hydrogen-bond acceptors (Lipinski definition) is 4. The van der Waals surface area contributed by atoms with Gasteiger partial charge in [0.1, 0.15) is 12.1 Å². The lowest BCUT2D eigenvalue weighted by atomic mass is 10.0. The van der Waals surface area contributed by atoms with Gasteiger partial charge in [-0.3, -0.25) is 4.79 Å². The van der Waals surface area contributed by atoms with E-state index in [2.05, 4.69) is 10.2 Å². The van der Waals surface area contributed by atoms with Crippen LogP contribution >= 0.6 is 0 Å². The van der Waals surface area contributed by atoms with E-state index >= 15 is 4.39 Å². The summed E-state index contributed by atoms with van der Waals surface area (Å²) in [6.07, 6.45) is 4.55. The Balaban J connectivity index is 1.34. The Kier molecular flexibility index (Phi) is 5.36. The molecule has 3 aromatic rings. The number of amides is 1. The lowest BCUT2D eigenvalue weighted by molar-refractivity contribution is -0.131. The summed E-state index contributed by atoms with van der Waals surface area (Å²) in [4.78, 5) is 14.3. The van der Waals surface area contributed by atoms with Crippen molar-refractivity contribution in [2.75, 3.05) is 20.2 Å². The van der Waals surface area contributed by atoms with Crippen LogP contribution in [0, 0.1) is 23.5 Å². The van der Waals surface area contributed by atoms with Crippen LogP contribution in [0.15, 0.2) is 42.7 Å². The fourth-order valence-corrected chi connectivity index (χ4v) is 4.36. The van der Waals surface area contributed by atoms with Crippen LogP contribution in [-0.2, 0) is 11.3 Å². The molecule has 32 heavy (non-hydrogen) atoms. The van der Waals surface area contributed by atoms with Gasteiger partial charge >= 0.3 is 0 Å². The largest absolute Gasteiger partial charge is 0.494 e. The lowest BCUT2D eigenvalue weighted by Gasteiger charge is -2.17. The van der Waals surface area contributed by atoms with Crippen molar-refractivity contribution in [3.63, 3.8) is 0 Å². The van der Waals surface area contributed by atoms with E-state index in [0.717, 1.165) is 32.4 Å². The summed E-state index contributed by atoms with van der Waals surface area (Å²) < 4.78 is 35.7. The Morgan fingerprint density at radius 3 is 2.62 bits per heavy atom. The standard InChI is InChI=1S/C24H24F2N4O2/c1-32-22-11-18(5-7-20(22)25)17-4-6-19(21(26)10-17)23-28-27-14-30(23)13-15-8-9-29(12-15)24(31)16-2-3-16/h4-7,10-11,14-16H,2-3,8-9,12-13H2,1H3/t15-/m0/s1. The summed E-state index contributed by atoms with van der Waals surface area (Å²) in [6, 6.07) is 9.28. The van der Waals surface area contributed by atoms with Crippen LogP contribution in [0.1, 0.15) is 19.3 Å². The van der Waals surface area contributed by atoms with Crippen molar-refractivity contribution < 1.29 is 18.3 Å². The van der Waals surface area contributed by atoms with Crippen LogP contribution in [0.3, 0.4) is 0 Å². The van der Waals surface area contributed by atoms with E-state index in [-0.39, 0.29) is 17.6 Å². The van der Waals surface area contributed by atoms with Crippen LogP contribution in [0.2, 0.25) is 0 Å². The number of halogens is 2. The number of aromatic nitrogens is 3. The van der Waals surface area contributed by atoms with E-state index in [1.807, 2.05) is 9.47 Å². The summed E-state index contributed by atoms with van der Waals surface area (Å²) in [5.74, 6) is 0.461. The van der Waals surface area contributed by atoms with Gasteiger partial charge in [0.05, 0.1) is 12.7 Å². The molecule has 166 valence electrons. The highest BCUT2D eigenvalue weighted by molar-refractivity contribution is 5.81. The third kappa shape index (κ3) is 3.97. The maximum absolute atomic E-state index is 15.1. The fraction of sp³-hybridized carbons (Fsp3) is 0.375. The molecule has 1 atom stereocenters. The van der Waals surface area contributed by atoms with Crippen LogP contribution in [0.5, 0.6) is 5.75 Å². The highest BCUT2D eigenvalue weighted by Gasteiger charge is 2.36. The molecule has 2 aliphatic rings. The number of likely N-dealkylation sites (tertiary alicyclic amines) is 1. The van der Waals surface area contributed by atoms with Gasteiger partial charge in [0.15, 0.2) is 17.4 Å². The van der Waals surface area contributed by atoms with E-state index in [9.17, 15) is 9.18 Å². The van der Waals surface area contributed by atoms with Crippen molar-refractivity contribution in [3.8, 4) is 28.3 Å². The number of nitrogens with zero attached hydrogens (tertiary/aromatic N) is 4. The maximum Gasteiger partial charge on any atom is 0.225 e. The second kappa shape index (κ2) is 8.33. The molecule has 2 aromatic carbocycles. The normalized spacial score (nSPS) is 18.2. The molecule has 1 saturated heterocycles. The first kappa shape index (κ1) is 20.6. The molecule has 6 nitrogen and oxygen atoms in total. The zero-order valence-corrected chi connectivity index (χ0v) is 17.8. The summed E-state index contributed by atoms with van der Waals surface area (Å²) >= 11 is 0. The summed E-state index contributed by atoms with van der Waals surface area (Å²) in [6.45, 7) is 2.13. The lowest BCUT2D eigenvalue weighted by Crippen LogP contribution is -2.30. The van der Waals surface area contributed by atoms with Crippen molar-refractivity contribution in [1.29, 1.82) is 0 Å². The quantitative estimate of drug-likeness (QED) is 0.580. The minimum atomic E-state index is -0.467. The molecule has 2 heterocycles. The number of hydrogen-bond donors (Lipinski definition) is 0. The Hall–Kier alpha value is -3.29. The van der Waals surface area contributed by atoms with Crippen molar-refractivity contribution >= 4 is 5.91 Å². The number of carbonyl (C=O) groups is 1. The SMILES string of the molecule is COc1cc(-c2ccc(-c3nncn3C[C@H]3CCN(C(=O)C4CC4)C3)c(F)c2)ccc1F. The maximum atomic E-state index is 15.1. The highest BCUT2D eigenvalue weighted by atomic mass is 19.1.